The van der Waals surface area contributed by atoms with Gasteiger partial charge in [-0.2, -0.15) is 0 Å². The van der Waals surface area contributed by atoms with Crippen LogP contribution in [0.25, 0.3) is 10.2 Å². The first-order chi connectivity index (χ1) is 12.4. The summed E-state index contributed by atoms with van der Waals surface area (Å²) in [5.74, 6) is 0.923. The summed E-state index contributed by atoms with van der Waals surface area (Å²) in [5.41, 5.74) is 1.25. The maximum Gasteiger partial charge on any atom is 0.258 e. The van der Waals surface area contributed by atoms with Gasteiger partial charge in [0.2, 0.25) is 5.88 Å². The van der Waals surface area contributed by atoms with E-state index in [0.717, 1.165) is 29.5 Å². The maximum atomic E-state index is 12.1. The standard InChI is InChI=1S/C17H21N3O4S2/c1-10-2-3-12-13(6-10)25-17-15(12)16(18-9-19-17)24-7-14(21)20-11-4-5-26(22,23)8-11/h9-11H,2-8H2,1H3,(H,20,21)/t10-,11-/m0/s1. The van der Waals surface area contributed by atoms with Crippen molar-refractivity contribution >= 4 is 37.3 Å². The molecular formula is C17H21N3O4S2. The molecule has 4 rings (SSSR count). The minimum absolute atomic E-state index is 0.00666. The van der Waals surface area contributed by atoms with E-state index >= 15 is 0 Å². The molecule has 1 fully saturated rings. The summed E-state index contributed by atoms with van der Waals surface area (Å²) in [6.07, 6.45) is 5.08. The van der Waals surface area contributed by atoms with E-state index in [1.807, 2.05) is 0 Å². The van der Waals surface area contributed by atoms with Crippen molar-refractivity contribution in [3.63, 3.8) is 0 Å². The quantitative estimate of drug-likeness (QED) is 0.842. The first kappa shape index (κ1) is 17.7. The van der Waals surface area contributed by atoms with Gasteiger partial charge in [-0.15, -0.1) is 11.3 Å². The number of carbonyl (C=O) groups is 1. The monoisotopic (exact) mass is 395 g/mol. The zero-order valence-corrected chi connectivity index (χ0v) is 16.2. The zero-order chi connectivity index (χ0) is 18.3. The van der Waals surface area contributed by atoms with Crippen LogP contribution < -0.4 is 10.1 Å². The van der Waals surface area contributed by atoms with Gasteiger partial charge in [0.05, 0.1) is 16.9 Å². The lowest BCUT2D eigenvalue weighted by atomic mass is 9.89. The number of aromatic nitrogens is 2. The number of ether oxygens (including phenoxy) is 1. The fraction of sp³-hybridized carbons (Fsp3) is 0.588. The molecule has 2 aromatic rings. The van der Waals surface area contributed by atoms with Crippen LogP contribution in [0.5, 0.6) is 5.88 Å². The number of carbonyl (C=O) groups excluding carboxylic acids is 1. The number of hydrogen-bond acceptors (Lipinski definition) is 7. The van der Waals surface area contributed by atoms with Gasteiger partial charge in [0.15, 0.2) is 16.4 Å². The van der Waals surface area contributed by atoms with E-state index in [9.17, 15) is 13.2 Å². The van der Waals surface area contributed by atoms with Crippen molar-refractivity contribution in [2.75, 3.05) is 18.1 Å². The lowest BCUT2D eigenvalue weighted by Gasteiger charge is -2.18. The average Bonchev–Trinajstić information content (AvgIpc) is 3.11. The van der Waals surface area contributed by atoms with Gasteiger partial charge in [-0.1, -0.05) is 6.92 Å². The summed E-state index contributed by atoms with van der Waals surface area (Å²) in [7, 11) is -3.02. The molecular weight excluding hydrogens is 374 g/mol. The van der Waals surface area contributed by atoms with Crippen molar-refractivity contribution in [1.82, 2.24) is 15.3 Å². The van der Waals surface area contributed by atoms with Crippen molar-refractivity contribution in [3.05, 3.63) is 16.8 Å². The topological polar surface area (TPSA) is 98.2 Å². The van der Waals surface area contributed by atoms with Crippen LogP contribution in [0.1, 0.15) is 30.2 Å². The van der Waals surface area contributed by atoms with Gasteiger partial charge in [-0.25, -0.2) is 18.4 Å². The highest BCUT2D eigenvalue weighted by Crippen LogP contribution is 2.40. The fourth-order valence-corrected chi connectivity index (χ4v) is 6.68. The van der Waals surface area contributed by atoms with Crippen molar-refractivity contribution in [3.8, 4) is 5.88 Å². The third-order valence-corrected chi connectivity index (χ3v) is 7.92. The molecule has 1 saturated heterocycles. The minimum atomic E-state index is -3.02. The molecule has 1 N–H and O–H groups in total. The van der Waals surface area contributed by atoms with Crippen LogP contribution in [0, 0.1) is 5.92 Å². The van der Waals surface area contributed by atoms with Gasteiger partial charge in [-0.3, -0.25) is 4.79 Å². The van der Waals surface area contributed by atoms with Crippen LogP contribution in [0.3, 0.4) is 0 Å². The second kappa shape index (κ2) is 6.77. The summed E-state index contributed by atoms with van der Waals surface area (Å²) in [4.78, 5) is 22.9. The molecule has 1 aliphatic carbocycles. The van der Waals surface area contributed by atoms with Crippen molar-refractivity contribution < 1.29 is 17.9 Å². The van der Waals surface area contributed by atoms with E-state index in [4.69, 9.17) is 4.74 Å². The van der Waals surface area contributed by atoms with E-state index in [2.05, 4.69) is 22.2 Å². The summed E-state index contributed by atoms with van der Waals surface area (Å²) in [5, 5.41) is 3.66. The van der Waals surface area contributed by atoms with Gasteiger partial charge in [0.25, 0.3) is 5.91 Å². The smallest absolute Gasteiger partial charge is 0.258 e. The number of hydrogen-bond donors (Lipinski definition) is 1. The highest BCUT2D eigenvalue weighted by atomic mass is 32.2. The van der Waals surface area contributed by atoms with Crippen molar-refractivity contribution in [2.24, 2.45) is 5.92 Å². The fourth-order valence-electron chi connectivity index (χ4n) is 3.67. The normalized spacial score (nSPS) is 24.3. The molecule has 2 atom stereocenters. The number of sulfone groups is 1. The molecule has 0 spiro atoms. The van der Waals surface area contributed by atoms with E-state index in [1.165, 1.54) is 16.8 Å². The molecule has 26 heavy (non-hydrogen) atoms. The van der Waals surface area contributed by atoms with Crippen LogP contribution in [-0.4, -0.2) is 48.4 Å². The number of fused-ring (bicyclic) bond motifs is 3. The van der Waals surface area contributed by atoms with Gasteiger partial charge < -0.3 is 10.1 Å². The first-order valence-corrected chi connectivity index (χ1v) is 11.4. The Morgan fingerprint density at radius 3 is 3.00 bits per heavy atom. The molecule has 0 bridgehead atoms. The van der Waals surface area contributed by atoms with Gasteiger partial charge >= 0.3 is 0 Å². The molecule has 0 radical (unpaired) electrons. The third kappa shape index (κ3) is 3.55. The minimum Gasteiger partial charge on any atom is -0.467 e. The second-order valence-electron chi connectivity index (χ2n) is 7.17. The molecule has 9 heteroatoms. The number of thiophene rings is 1. The lowest BCUT2D eigenvalue weighted by molar-refractivity contribution is -0.123. The number of nitrogens with zero attached hydrogens (tertiary/aromatic N) is 2. The Hall–Kier alpha value is -1.74. The van der Waals surface area contributed by atoms with Gasteiger partial charge in [0.1, 0.15) is 11.2 Å². The number of amides is 1. The van der Waals surface area contributed by atoms with Crippen LogP contribution in [0.2, 0.25) is 0 Å². The van der Waals surface area contributed by atoms with Crippen molar-refractivity contribution in [2.45, 2.75) is 38.6 Å². The summed E-state index contributed by atoms with van der Waals surface area (Å²) < 4.78 is 28.6. The molecule has 1 aliphatic heterocycles. The van der Waals surface area contributed by atoms with Crippen LogP contribution in [0.15, 0.2) is 6.33 Å². The van der Waals surface area contributed by atoms with Crippen LogP contribution >= 0.6 is 11.3 Å². The summed E-state index contributed by atoms with van der Waals surface area (Å²) in [6, 6.07) is -0.322. The molecule has 2 aromatic heterocycles. The van der Waals surface area contributed by atoms with E-state index in [0.29, 0.717) is 18.2 Å². The van der Waals surface area contributed by atoms with Crippen molar-refractivity contribution in [1.29, 1.82) is 0 Å². The first-order valence-electron chi connectivity index (χ1n) is 8.79. The Morgan fingerprint density at radius 1 is 1.38 bits per heavy atom. The largest absolute Gasteiger partial charge is 0.467 e. The molecule has 140 valence electrons. The number of nitrogens with one attached hydrogen (secondary N) is 1. The summed E-state index contributed by atoms with van der Waals surface area (Å²) >= 11 is 1.68. The summed E-state index contributed by atoms with van der Waals surface area (Å²) in [6.45, 7) is 2.08. The molecule has 3 heterocycles. The maximum absolute atomic E-state index is 12.1. The lowest BCUT2D eigenvalue weighted by Crippen LogP contribution is -2.38. The van der Waals surface area contributed by atoms with E-state index in [1.54, 1.807) is 11.3 Å². The Kier molecular flexibility index (Phi) is 4.60. The van der Waals surface area contributed by atoms with Crippen LogP contribution in [0.4, 0.5) is 0 Å². The molecule has 2 aliphatic rings. The number of rotatable bonds is 4. The highest BCUT2D eigenvalue weighted by Gasteiger charge is 2.29. The van der Waals surface area contributed by atoms with E-state index in [-0.39, 0.29) is 30.1 Å². The third-order valence-electron chi connectivity index (χ3n) is 4.99. The Balaban J connectivity index is 1.47. The molecule has 0 saturated carbocycles. The van der Waals surface area contributed by atoms with Crippen LogP contribution in [-0.2, 0) is 27.5 Å². The van der Waals surface area contributed by atoms with Gasteiger partial charge in [0, 0.05) is 10.9 Å². The predicted octanol–water partition coefficient (Wildman–Crippen LogP) is 1.50. The Bertz CT molecular complexity index is 954. The predicted molar refractivity (Wildman–Crippen MR) is 99.3 cm³/mol. The second-order valence-corrected chi connectivity index (χ2v) is 10.5. The molecule has 1 amide bonds. The van der Waals surface area contributed by atoms with E-state index < -0.39 is 9.84 Å². The zero-order valence-electron chi connectivity index (χ0n) is 14.5. The Morgan fingerprint density at radius 2 is 2.23 bits per heavy atom. The Labute approximate surface area is 156 Å². The average molecular weight is 396 g/mol. The number of aryl methyl sites for hydroxylation is 1. The SMILES string of the molecule is C[C@H]1CCc2c(sc3ncnc(OCC(=O)N[C@H]4CCS(=O)(=O)C4)c23)C1. The highest BCUT2D eigenvalue weighted by molar-refractivity contribution is 7.91. The molecule has 7 nitrogen and oxygen atoms in total. The van der Waals surface area contributed by atoms with Gasteiger partial charge in [-0.05, 0) is 37.2 Å². The molecule has 0 unspecified atom stereocenters. The molecule has 0 aromatic carbocycles.